The predicted molar refractivity (Wildman–Crippen MR) is 72.5 cm³/mol. The monoisotopic (exact) mass is 274 g/mol. The van der Waals surface area contributed by atoms with Crippen LogP contribution >= 0.6 is 0 Å². The second-order valence-corrected chi connectivity index (χ2v) is 5.39. The van der Waals surface area contributed by atoms with Crippen molar-refractivity contribution in [2.24, 2.45) is 0 Å². The smallest absolute Gasteiger partial charge is 0.259 e. The predicted octanol–water partition coefficient (Wildman–Crippen LogP) is 1.88. The van der Waals surface area contributed by atoms with E-state index in [-0.39, 0.29) is 11.9 Å². The molecule has 2 aromatic rings. The highest BCUT2D eigenvalue weighted by molar-refractivity contribution is 5.96. The van der Waals surface area contributed by atoms with Crippen LogP contribution in [0.5, 0.6) is 0 Å². The zero-order valence-electron chi connectivity index (χ0n) is 12.0. The normalized spacial score (nSPS) is 18.8. The van der Waals surface area contributed by atoms with E-state index in [2.05, 4.69) is 10.3 Å². The molecule has 1 fully saturated rings. The minimum absolute atomic E-state index is 0.00706. The molecule has 1 aliphatic rings. The van der Waals surface area contributed by atoms with E-state index in [1.54, 1.807) is 13.8 Å². The third-order valence-electron chi connectivity index (χ3n) is 3.80. The lowest BCUT2D eigenvalue weighted by molar-refractivity contribution is 0.0784. The van der Waals surface area contributed by atoms with Crippen LogP contribution in [0.4, 0.5) is 0 Å². The molecule has 2 aromatic heterocycles. The lowest BCUT2D eigenvalue weighted by Crippen LogP contribution is -2.29. The minimum Gasteiger partial charge on any atom is -0.361 e. The molecular formula is C14H18N4O2. The Labute approximate surface area is 117 Å². The molecular weight excluding hydrogens is 256 g/mol. The lowest BCUT2D eigenvalue weighted by Gasteiger charge is -2.16. The van der Waals surface area contributed by atoms with Crippen molar-refractivity contribution in [2.75, 3.05) is 13.1 Å². The zero-order valence-corrected chi connectivity index (χ0v) is 12.0. The highest BCUT2D eigenvalue weighted by Gasteiger charge is 2.31. The van der Waals surface area contributed by atoms with E-state index in [1.165, 1.54) is 0 Å². The van der Waals surface area contributed by atoms with E-state index >= 15 is 0 Å². The maximum atomic E-state index is 12.5. The third-order valence-corrected chi connectivity index (χ3v) is 3.80. The quantitative estimate of drug-likeness (QED) is 0.838. The molecule has 1 aliphatic heterocycles. The van der Waals surface area contributed by atoms with Crippen molar-refractivity contribution < 1.29 is 9.32 Å². The number of carbonyl (C=O) groups is 1. The average Bonchev–Trinajstić information content (AvgIpc) is 3.10. The first-order valence-corrected chi connectivity index (χ1v) is 6.79. The minimum atomic E-state index is 0.00706. The molecule has 1 atom stereocenters. The summed E-state index contributed by atoms with van der Waals surface area (Å²) in [5.74, 6) is 0.596. The topological polar surface area (TPSA) is 64.2 Å². The highest BCUT2D eigenvalue weighted by Crippen LogP contribution is 2.24. The largest absolute Gasteiger partial charge is 0.361 e. The summed E-state index contributed by atoms with van der Waals surface area (Å²) in [5.41, 5.74) is 2.40. The van der Waals surface area contributed by atoms with Crippen LogP contribution in [0.15, 0.2) is 16.9 Å². The Morgan fingerprint density at radius 1 is 1.40 bits per heavy atom. The van der Waals surface area contributed by atoms with Gasteiger partial charge in [-0.3, -0.25) is 9.48 Å². The molecule has 6 heteroatoms. The van der Waals surface area contributed by atoms with E-state index < -0.39 is 0 Å². The Kier molecular flexibility index (Phi) is 3.08. The first-order valence-electron chi connectivity index (χ1n) is 6.79. The highest BCUT2D eigenvalue weighted by atomic mass is 16.5. The fourth-order valence-electron chi connectivity index (χ4n) is 2.72. The number of rotatable bonds is 2. The number of hydrogen-bond donors (Lipinski definition) is 0. The molecule has 0 aliphatic carbocycles. The Balaban J connectivity index is 1.76. The van der Waals surface area contributed by atoms with Gasteiger partial charge < -0.3 is 9.42 Å². The molecule has 0 N–H and O–H groups in total. The Morgan fingerprint density at radius 3 is 2.80 bits per heavy atom. The number of carbonyl (C=O) groups excluding carboxylic acids is 1. The van der Waals surface area contributed by atoms with Gasteiger partial charge in [-0.15, -0.1) is 0 Å². The van der Waals surface area contributed by atoms with Gasteiger partial charge in [0.15, 0.2) is 0 Å². The Morgan fingerprint density at radius 2 is 2.20 bits per heavy atom. The van der Waals surface area contributed by atoms with Gasteiger partial charge >= 0.3 is 0 Å². The average molecular weight is 274 g/mol. The van der Waals surface area contributed by atoms with Gasteiger partial charge in [-0.05, 0) is 32.8 Å². The number of amides is 1. The van der Waals surface area contributed by atoms with Gasteiger partial charge in [0.2, 0.25) is 0 Å². The second kappa shape index (κ2) is 4.77. The Bertz CT molecular complexity index is 624. The summed E-state index contributed by atoms with van der Waals surface area (Å²) in [6.45, 7) is 7.02. The number of hydrogen-bond acceptors (Lipinski definition) is 4. The molecule has 0 spiro atoms. The first-order chi connectivity index (χ1) is 9.56. The van der Waals surface area contributed by atoms with Gasteiger partial charge in [0.25, 0.3) is 5.91 Å². The van der Waals surface area contributed by atoms with Crippen LogP contribution in [0.2, 0.25) is 0 Å². The maximum absolute atomic E-state index is 12.5. The molecule has 1 saturated heterocycles. The summed E-state index contributed by atoms with van der Waals surface area (Å²) < 4.78 is 7.03. The van der Waals surface area contributed by atoms with E-state index in [0.29, 0.717) is 23.6 Å². The summed E-state index contributed by atoms with van der Waals surface area (Å²) in [6.07, 6.45) is 4.80. The molecule has 6 nitrogen and oxygen atoms in total. The Hall–Kier alpha value is -2.11. The van der Waals surface area contributed by atoms with Crippen LogP contribution in [0, 0.1) is 20.8 Å². The summed E-state index contributed by atoms with van der Waals surface area (Å²) in [4.78, 5) is 14.4. The van der Waals surface area contributed by atoms with Crippen molar-refractivity contribution in [3.8, 4) is 0 Å². The van der Waals surface area contributed by atoms with Gasteiger partial charge in [-0.25, -0.2) is 0 Å². The summed E-state index contributed by atoms with van der Waals surface area (Å²) >= 11 is 0. The van der Waals surface area contributed by atoms with E-state index in [4.69, 9.17) is 4.52 Å². The standard InChI is InChI=1S/C14H18N4O2/c1-9-6-15-18(7-9)12-4-5-17(8-12)14(19)13-10(2)16-20-11(13)3/h6-7,12H,4-5,8H2,1-3H3. The number of nitrogens with zero attached hydrogens (tertiary/aromatic N) is 4. The molecule has 1 amide bonds. The van der Waals surface area contributed by atoms with Crippen LogP contribution in [-0.2, 0) is 0 Å². The third kappa shape index (κ3) is 2.11. The number of likely N-dealkylation sites (tertiary alicyclic amines) is 1. The fourth-order valence-corrected chi connectivity index (χ4v) is 2.72. The van der Waals surface area contributed by atoms with Crippen LogP contribution in [0.1, 0.15) is 39.8 Å². The van der Waals surface area contributed by atoms with Gasteiger partial charge in [0.1, 0.15) is 11.3 Å². The van der Waals surface area contributed by atoms with Gasteiger partial charge in [0.05, 0.1) is 17.9 Å². The van der Waals surface area contributed by atoms with Crippen molar-refractivity contribution in [1.82, 2.24) is 19.8 Å². The van der Waals surface area contributed by atoms with Crippen LogP contribution in [0.3, 0.4) is 0 Å². The molecule has 0 radical (unpaired) electrons. The van der Waals surface area contributed by atoms with E-state index in [1.807, 2.05) is 28.9 Å². The van der Waals surface area contributed by atoms with Crippen molar-refractivity contribution >= 4 is 5.91 Å². The zero-order chi connectivity index (χ0) is 14.3. The van der Waals surface area contributed by atoms with Gasteiger partial charge in [-0.1, -0.05) is 5.16 Å². The van der Waals surface area contributed by atoms with Crippen molar-refractivity contribution in [2.45, 2.75) is 33.2 Å². The second-order valence-electron chi connectivity index (χ2n) is 5.39. The molecule has 0 bridgehead atoms. The van der Waals surface area contributed by atoms with E-state index in [0.717, 1.165) is 18.5 Å². The maximum Gasteiger partial charge on any atom is 0.259 e. The summed E-state index contributed by atoms with van der Waals surface area (Å²) in [5, 5.41) is 8.19. The first kappa shape index (κ1) is 12.9. The van der Waals surface area contributed by atoms with Crippen LogP contribution in [-0.4, -0.2) is 38.8 Å². The van der Waals surface area contributed by atoms with E-state index in [9.17, 15) is 4.79 Å². The van der Waals surface area contributed by atoms with Gasteiger partial charge in [0, 0.05) is 19.3 Å². The summed E-state index contributed by atoms with van der Waals surface area (Å²) in [6, 6.07) is 0.258. The molecule has 0 aromatic carbocycles. The van der Waals surface area contributed by atoms with Crippen LogP contribution in [0.25, 0.3) is 0 Å². The molecule has 20 heavy (non-hydrogen) atoms. The van der Waals surface area contributed by atoms with Crippen molar-refractivity contribution in [1.29, 1.82) is 0 Å². The summed E-state index contributed by atoms with van der Waals surface area (Å²) in [7, 11) is 0. The molecule has 3 heterocycles. The number of aromatic nitrogens is 3. The molecule has 0 saturated carbocycles. The SMILES string of the molecule is Cc1cnn(C2CCN(C(=O)c3c(C)noc3C)C2)c1. The molecule has 3 rings (SSSR count). The van der Waals surface area contributed by atoms with Crippen molar-refractivity contribution in [3.63, 3.8) is 0 Å². The molecule has 106 valence electrons. The van der Waals surface area contributed by atoms with Crippen molar-refractivity contribution in [3.05, 3.63) is 35.0 Å². The number of aryl methyl sites for hydroxylation is 3. The lowest BCUT2D eigenvalue weighted by atomic mass is 10.2. The fraction of sp³-hybridized carbons (Fsp3) is 0.500. The van der Waals surface area contributed by atoms with Crippen LogP contribution < -0.4 is 0 Å². The molecule has 1 unspecified atom stereocenters. The van der Waals surface area contributed by atoms with Gasteiger partial charge in [-0.2, -0.15) is 5.10 Å².